The van der Waals surface area contributed by atoms with Gasteiger partial charge in [0.25, 0.3) is 0 Å². The molecule has 0 aliphatic carbocycles. The monoisotopic (exact) mass is 375 g/mol. The molecule has 0 atom stereocenters. The Morgan fingerprint density at radius 2 is 2.00 bits per heavy atom. The summed E-state index contributed by atoms with van der Waals surface area (Å²) in [6.45, 7) is 2.65. The van der Waals surface area contributed by atoms with Crippen molar-refractivity contribution in [1.29, 1.82) is 0 Å². The third kappa shape index (κ3) is 3.36. The molecule has 4 heteroatoms. The molecular formula is C14H12ClFIN. The van der Waals surface area contributed by atoms with E-state index in [0.717, 1.165) is 11.3 Å². The van der Waals surface area contributed by atoms with E-state index in [9.17, 15) is 4.39 Å². The molecule has 1 N–H and O–H groups in total. The second kappa shape index (κ2) is 5.89. The van der Waals surface area contributed by atoms with Crippen molar-refractivity contribution in [3.05, 3.63) is 61.9 Å². The summed E-state index contributed by atoms with van der Waals surface area (Å²) in [5.41, 5.74) is 3.14. The molecular weight excluding hydrogens is 364 g/mol. The minimum atomic E-state index is -0.380. The predicted octanol–water partition coefficient (Wildman–Crippen LogP) is 5.00. The summed E-state index contributed by atoms with van der Waals surface area (Å²) in [6.07, 6.45) is 0. The zero-order chi connectivity index (χ0) is 13.1. The van der Waals surface area contributed by atoms with E-state index in [0.29, 0.717) is 6.54 Å². The van der Waals surface area contributed by atoms with E-state index in [4.69, 9.17) is 11.6 Å². The minimum Gasteiger partial charge on any atom is -0.381 e. The first-order valence-corrected chi connectivity index (χ1v) is 6.96. The number of nitrogens with one attached hydrogen (secondary N) is 1. The molecule has 0 aliphatic rings. The SMILES string of the molecule is Cc1ccc(NCc2ccc(Cl)c(F)c2)cc1I. The Kier molecular flexibility index (Phi) is 4.45. The molecule has 0 unspecified atom stereocenters. The number of anilines is 1. The van der Waals surface area contributed by atoms with Crippen LogP contribution in [-0.4, -0.2) is 0 Å². The van der Waals surface area contributed by atoms with Gasteiger partial charge in [-0.05, 0) is 64.9 Å². The Balaban J connectivity index is 2.06. The van der Waals surface area contributed by atoms with Gasteiger partial charge in [-0.15, -0.1) is 0 Å². The third-order valence-corrected chi connectivity index (χ3v) is 4.12. The average molecular weight is 376 g/mol. The number of aryl methyl sites for hydroxylation is 1. The Morgan fingerprint density at radius 1 is 1.22 bits per heavy atom. The van der Waals surface area contributed by atoms with Gasteiger partial charge in [-0.2, -0.15) is 0 Å². The summed E-state index contributed by atoms with van der Waals surface area (Å²) in [5.74, 6) is -0.380. The lowest BCUT2D eigenvalue weighted by molar-refractivity contribution is 0.626. The van der Waals surface area contributed by atoms with E-state index in [2.05, 4.69) is 47.0 Å². The van der Waals surface area contributed by atoms with E-state index < -0.39 is 0 Å². The average Bonchev–Trinajstić information content (AvgIpc) is 2.35. The van der Waals surface area contributed by atoms with Gasteiger partial charge in [0.05, 0.1) is 5.02 Å². The lowest BCUT2D eigenvalue weighted by Gasteiger charge is -2.08. The summed E-state index contributed by atoms with van der Waals surface area (Å²) in [6, 6.07) is 11.0. The van der Waals surface area contributed by atoms with Gasteiger partial charge >= 0.3 is 0 Å². The molecule has 18 heavy (non-hydrogen) atoms. The summed E-state index contributed by atoms with van der Waals surface area (Å²) >= 11 is 7.94. The molecule has 0 aromatic heterocycles. The van der Waals surface area contributed by atoms with Crippen LogP contribution in [0.4, 0.5) is 10.1 Å². The smallest absolute Gasteiger partial charge is 0.142 e. The molecule has 2 aromatic rings. The van der Waals surface area contributed by atoms with Gasteiger partial charge < -0.3 is 5.32 Å². The van der Waals surface area contributed by atoms with Crippen LogP contribution >= 0.6 is 34.2 Å². The highest BCUT2D eigenvalue weighted by Gasteiger charge is 2.02. The number of benzene rings is 2. The van der Waals surface area contributed by atoms with Gasteiger partial charge in [0.2, 0.25) is 0 Å². The van der Waals surface area contributed by atoms with Crippen molar-refractivity contribution >= 4 is 39.9 Å². The Bertz CT molecular complexity index is 520. The van der Waals surface area contributed by atoms with Gasteiger partial charge in [-0.1, -0.05) is 23.7 Å². The number of hydrogen-bond donors (Lipinski definition) is 1. The molecule has 2 rings (SSSR count). The molecule has 0 amide bonds. The topological polar surface area (TPSA) is 12.0 Å². The Labute approximate surface area is 124 Å². The Hall–Kier alpha value is -0.810. The van der Waals surface area contributed by atoms with Crippen molar-refractivity contribution in [3.63, 3.8) is 0 Å². The molecule has 0 radical (unpaired) electrons. The number of halogens is 3. The van der Waals surface area contributed by atoms with Crippen molar-refractivity contribution < 1.29 is 4.39 Å². The van der Waals surface area contributed by atoms with Crippen LogP contribution in [0.15, 0.2) is 36.4 Å². The number of hydrogen-bond acceptors (Lipinski definition) is 1. The molecule has 0 spiro atoms. The summed E-state index contributed by atoms with van der Waals surface area (Å²) < 4.78 is 14.5. The maximum absolute atomic E-state index is 13.3. The molecule has 0 fully saturated rings. The summed E-state index contributed by atoms with van der Waals surface area (Å²) in [4.78, 5) is 0. The zero-order valence-corrected chi connectivity index (χ0v) is 12.7. The van der Waals surface area contributed by atoms with E-state index in [1.807, 2.05) is 12.1 Å². The highest BCUT2D eigenvalue weighted by Crippen LogP contribution is 2.19. The highest BCUT2D eigenvalue weighted by molar-refractivity contribution is 14.1. The van der Waals surface area contributed by atoms with Gasteiger partial charge in [0, 0.05) is 15.8 Å². The second-order valence-electron chi connectivity index (χ2n) is 4.07. The van der Waals surface area contributed by atoms with Crippen LogP contribution in [0, 0.1) is 16.3 Å². The second-order valence-corrected chi connectivity index (χ2v) is 5.64. The normalized spacial score (nSPS) is 10.4. The van der Waals surface area contributed by atoms with E-state index >= 15 is 0 Å². The van der Waals surface area contributed by atoms with Crippen LogP contribution in [-0.2, 0) is 6.54 Å². The van der Waals surface area contributed by atoms with Crippen LogP contribution in [0.3, 0.4) is 0 Å². The predicted molar refractivity (Wildman–Crippen MR) is 82.6 cm³/mol. The molecule has 0 saturated heterocycles. The molecule has 94 valence electrons. The molecule has 0 aliphatic heterocycles. The minimum absolute atomic E-state index is 0.156. The van der Waals surface area contributed by atoms with Gasteiger partial charge in [0.15, 0.2) is 0 Å². The lowest BCUT2D eigenvalue weighted by Crippen LogP contribution is -2.00. The zero-order valence-electron chi connectivity index (χ0n) is 9.81. The van der Waals surface area contributed by atoms with Crippen LogP contribution in [0.25, 0.3) is 0 Å². The van der Waals surface area contributed by atoms with Crippen LogP contribution < -0.4 is 5.32 Å². The van der Waals surface area contributed by atoms with Crippen molar-refractivity contribution in [2.75, 3.05) is 5.32 Å². The maximum Gasteiger partial charge on any atom is 0.142 e. The lowest BCUT2D eigenvalue weighted by atomic mass is 10.2. The fourth-order valence-electron chi connectivity index (χ4n) is 1.56. The first kappa shape index (κ1) is 13.6. The molecule has 2 aromatic carbocycles. The van der Waals surface area contributed by atoms with Gasteiger partial charge in [-0.25, -0.2) is 4.39 Å². The Morgan fingerprint density at radius 3 is 2.67 bits per heavy atom. The van der Waals surface area contributed by atoms with Gasteiger partial charge in [-0.3, -0.25) is 0 Å². The van der Waals surface area contributed by atoms with Crippen molar-refractivity contribution in [2.45, 2.75) is 13.5 Å². The van der Waals surface area contributed by atoms with Crippen molar-refractivity contribution in [1.82, 2.24) is 0 Å². The first-order valence-electron chi connectivity index (χ1n) is 5.50. The fourth-order valence-corrected chi connectivity index (χ4v) is 2.19. The fraction of sp³-hybridized carbons (Fsp3) is 0.143. The quantitative estimate of drug-likeness (QED) is 0.744. The molecule has 0 heterocycles. The van der Waals surface area contributed by atoms with Gasteiger partial charge in [0.1, 0.15) is 5.82 Å². The third-order valence-electron chi connectivity index (χ3n) is 2.65. The maximum atomic E-state index is 13.3. The van der Waals surface area contributed by atoms with Crippen LogP contribution in [0.2, 0.25) is 5.02 Å². The van der Waals surface area contributed by atoms with E-state index in [1.54, 1.807) is 6.07 Å². The molecule has 0 saturated carbocycles. The summed E-state index contributed by atoms with van der Waals surface area (Å²) in [5, 5.41) is 3.42. The van der Waals surface area contributed by atoms with E-state index in [-0.39, 0.29) is 10.8 Å². The van der Waals surface area contributed by atoms with E-state index in [1.165, 1.54) is 15.2 Å². The molecule has 0 bridgehead atoms. The standard InChI is InChI=1S/C14H12ClFIN/c1-9-2-4-11(7-14(9)17)18-8-10-3-5-12(15)13(16)6-10/h2-7,18H,8H2,1H3. The first-order chi connectivity index (χ1) is 8.56. The largest absolute Gasteiger partial charge is 0.381 e. The molecule has 1 nitrogen and oxygen atoms in total. The van der Waals surface area contributed by atoms with Crippen molar-refractivity contribution in [3.8, 4) is 0 Å². The highest BCUT2D eigenvalue weighted by atomic mass is 127. The van der Waals surface area contributed by atoms with Crippen LogP contribution in [0.5, 0.6) is 0 Å². The number of rotatable bonds is 3. The van der Waals surface area contributed by atoms with Crippen molar-refractivity contribution in [2.24, 2.45) is 0 Å². The van der Waals surface area contributed by atoms with Crippen LogP contribution in [0.1, 0.15) is 11.1 Å². The summed E-state index contributed by atoms with van der Waals surface area (Å²) in [7, 11) is 0.